The number of anilines is 1. The molecule has 0 spiro atoms. The Morgan fingerprint density at radius 2 is 1.92 bits per heavy atom. The monoisotopic (exact) mass is 362 g/mol. The van der Waals surface area contributed by atoms with Gasteiger partial charge in [-0.25, -0.2) is 9.78 Å². The summed E-state index contributed by atoms with van der Waals surface area (Å²) in [5.74, 6) is 1.15. The third-order valence-corrected chi connectivity index (χ3v) is 4.47. The lowest BCUT2D eigenvalue weighted by Gasteiger charge is -2.26. The van der Waals surface area contributed by atoms with Crippen LogP contribution in [0.2, 0.25) is 0 Å². The first-order valence-electron chi connectivity index (χ1n) is 9.19. The first-order chi connectivity index (χ1) is 12.3. The number of pyridine rings is 1. The molecule has 4 N–H and O–H groups in total. The molecule has 0 radical (unpaired) electrons. The minimum absolute atomic E-state index is 0.0823. The number of hydrogen-bond acceptors (Lipinski definition) is 5. The molecule has 144 valence electrons. The van der Waals surface area contributed by atoms with Gasteiger partial charge in [0.25, 0.3) is 0 Å². The zero-order valence-electron chi connectivity index (χ0n) is 15.9. The summed E-state index contributed by atoms with van der Waals surface area (Å²) in [6.45, 7) is 6.54. The van der Waals surface area contributed by atoms with E-state index in [0.717, 1.165) is 31.2 Å². The van der Waals surface area contributed by atoms with Gasteiger partial charge in [0, 0.05) is 18.7 Å². The molecule has 0 bridgehead atoms. The maximum absolute atomic E-state index is 12.3. The molecule has 1 aromatic rings. The topological polar surface area (TPSA) is 106 Å². The first kappa shape index (κ1) is 20.2. The molecule has 1 heterocycles. The molecule has 0 aromatic carbocycles. The second kappa shape index (κ2) is 8.98. The van der Waals surface area contributed by atoms with E-state index in [9.17, 15) is 9.59 Å². The average Bonchev–Trinajstić information content (AvgIpc) is 2.59. The van der Waals surface area contributed by atoms with E-state index in [1.165, 1.54) is 0 Å². The summed E-state index contributed by atoms with van der Waals surface area (Å²) in [5.41, 5.74) is 6.01. The first-order valence-corrected chi connectivity index (χ1v) is 9.19. The summed E-state index contributed by atoms with van der Waals surface area (Å²) in [6.07, 6.45) is 4.97. The Kier molecular flexibility index (Phi) is 6.97. The van der Waals surface area contributed by atoms with Gasteiger partial charge in [-0.3, -0.25) is 10.1 Å². The van der Waals surface area contributed by atoms with Gasteiger partial charge in [-0.05, 0) is 70.5 Å². The van der Waals surface area contributed by atoms with Crippen LogP contribution < -0.4 is 16.4 Å². The summed E-state index contributed by atoms with van der Waals surface area (Å²) in [7, 11) is 0. The highest BCUT2D eigenvalue weighted by Crippen LogP contribution is 2.28. The van der Waals surface area contributed by atoms with E-state index in [-0.39, 0.29) is 11.8 Å². The van der Waals surface area contributed by atoms with E-state index < -0.39 is 11.7 Å². The molecule has 0 atom stereocenters. The highest BCUT2D eigenvalue weighted by molar-refractivity contribution is 5.83. The van der Waals surface area contributed by atoms with Gasteiger partial charge in [0.2, 0.25) is 5.91 Å². The van der Waals surface area contributed by atoms with Gasteiger partial charge in [0.15, 0.2) is 0 Å². The highest BCUT2D eigenvalue weighted by atomic mass is 16.6. The normalized spacial score (nSPS) is 20.3. The van der Waals surface area contributed by atoms with Gasteiger partial charge in [0.1, 0.15) is 11.4 Å². The number of nitrogens with two attached hydrogens (primary N) is 1. The third kappa shape index (κ3) is 6.63. The fourth-order valence-electron chi connectivity index (χ4n) is 3.01. The lowest BCUT2D eigenvalue weighted by molar-refractivity contribution is -0.126. The van der Waals surface area contributed by atoms with Gasteiger partial charge in [-0.2, -0.15) is 0 Å². The van der Waals surface area contributed by atoms with Crippen LogP contribution >= 0.6 is 0 Å². The van der Waals surface area contributed by atoms with Crippen LogP contribution in [-0.4, -0.2) is 29.1 Å². The Morgan fingerprint density at radius 3 is 2.46 bits per heavy atom. The minimum Gasteiger partial charge on any atom is -0.444 e. The van der Waals surface area contributed by atoms with Gasteiger partial charge < -0.3 is 15.8 Å². The molecule has 0 unspecified atom stereocenters. The van der Waals surface area contributed by atoms with Crippen molar-refractivity contribution < 1.29 is 14.3 Å². The molecule has 2 amide bonds. The molecule has 0 aliphatic heterocycles. The van der Waals surface area contributed by atoms with Crippen molar-refractivity contribution in [3.63, 3.8) is 0 Å². The SMILES string of the molecule is CC(C)(C)OC(=O)Nc1ccc(CNC(=O)[C@H]2CC[C@H](CN)CC2)cn1. The number of aromatic nitrogens is 1. The third-order valence-electron chi connectivity index (χ3n) is 4.47. The van der Waals surface area contributed by atoms with Crippen molar-refractivity contribution in [2.24, 2.45) is 17.6 Å². The fourth-order valence-corrected chi connectivity index (χ4v) is 3.01. The zero-order chi connectivity index (χ0) is 19.2. The van der Waals surface area contributed by atoms with E-state index in [1.54, 1.807) is 33.0 Å². The number of rotatable bonds is 5. The molecule has 1 saturated carbocycles. The Hall–Kier alpha value is -2.15. The molecule has 2 rings (SSSR count). The number of ether oxygens (including phenoxy) is 1. The predicted octanol–water partition coefficient (Wildman–Crippen LogP) is 2.81. The van der Waals surface area contributed by atoms with Crippen LogP contribution in [0.5, 0.6) is 0 Å². The van der Waals surface area contributed by atoms with Crippen molar-refractivity contribution in [2.75, 3.05) is 11.9 Å². The second-order valence-corrected chi connectivity index (χ2v) is 7.85. The molecule has 0 saturated heterocycles. The standard InChI is InChI=1S/C19H30N4O3/c1-19(2,3)26-18(25)23-16-9-6-14(11-21-16)12-22-17(24)15-7-4-13(10-20)5-8-15/h6,9,11,13,15H,4-5,7-8,10,12,20H2,1-3H3,(H,22,24)(H,21,23,25)/t13-,15-. The van der Waals surface area contributed by atoms with Crippen molar-refractivity contribution in [3.05, 3.63) is 23.9 Å². The van der Waals surface area contributed by atoms with E-state index in [1.807, 2.05) is 6.07 Å². The fraction of sp³-hybridized carbons (Fsp3) is 0.632. The van der Waals surface area contributed by atoms with Crippen LogP contribution in [0.25, 0.3) is 0 Å². The molecular weight excluding hydrogens is 332 g/mol. The summed E-state index contributed by atoms with van der Waals surface area (Å²) in [4.78, 5) is 28.2. The van der Waals surface area contributed by atoms with Crippen LogP contribution in [0.4, 0.5) is 10.6 Å². The smallest absolute Gasteiger partial charge is 0.413 e. The lowest BCUT2D eigenvalue weighted by atomic mass is 9.81. The van der Waals surface area contributed by atoms with Crippen LogP contribution in [0.1, 0.15) is 52.0 Å². The van der Waals surface area contributed by atoms with Gasteiger partial charge in [0.05, 0.1) is 0 Å². The van der Waals surface area contributed by atoms with Crippen molar-refractivity contribution in [2.45, 2.75) is 58.6 Å². The molecular formula is C19H30N4O3. The van der Waals surface area contributed by atoms with Crippen molar-refractivity contribution in [1.29, 1.82) is 0 Å². The molecule has 26 heavy (non-hydrogen) atoms. The number of nitrogens with zero attached hydrogens (tertiary/aromatic N) is 1. The van der Waals surface area contributed by atoms with Crippen molar-refractivity contribution in [1.82, 2.24) is 10.3 Å². The summed E-state index contributed by atoms with van der Waals surface area (Å²) in [5, 5.41) is 5.55. The maximum Gasteiger partial charge on any atom is 0.413 e. The molecule has 1 fully saturated rings. The zero-order valence-corrected chi connectivity index (χ0v) is 15.9. The summed E-state index contributed by atoms with van der Waals surface area (Å²) < 4.78 is 5.18. The van der Waals surface area contributed by atoms with Gasteiger partial charge in [-0.1, -0.05) is 6.07 Å². The van der Waals surface area contributed by atoms with Crippen LogP contribution in [-0.2, 0) is 16.1 Å². The van der Waals surface area contributed by atoms with Crippen molar-refractivity contribution in [3.8, 4) is 0 Å². The van der Waals surface area contributed by atoms with Gasteiger partial charge >= 0.3 is 6.09 Å². The number of carbonyl (C=O) groups excluding carboxylic acids is 2. The number of hydrogen-bond donors (Lipinski definition) is 3. The Morgan fingerprint density at radius 1 is 1.23 bits per heavy atom. The largest absolute Gasteiger partial charge is 0.444 e. The number of nitrogens with one attached hydrogen (secondary N) is 2. The summed E-state index contributed by atoms with van der Waals surface area (Å²) in [6, 6.07) is 3.52. The molecule has 1 aliphatic rings. The molecule has 7 heteroatoms. The van der Waals surface area contributed by atoms with E-state index >= 15 is 0 Å². The van der Waals surface area contributed by atoms with Crippen LogP contribution in [0.3, 0.4) is 0 Å². The second-order valence-electron chi connectivity index (χ2n) is 7.85. The number of carbonyl (C=O) groups is 2. The summed E-state index contributed by atoms with van der Waals surface area (Å²) >= 11 is 0. The highest BCUT2D eigenvalue weighted by Gasteiger charge is 2.25. The van der Waals surface area contributed by atoms with Gasteiger partial charge in [-0.15, -0.1) is 0 Å². The average molecular weight is 362 g/mol. The van der Waals surface area contributed by atoms with Crippen LogP contribution in [0.15, 0.2) is 18.3 Å². The Balaban J connectivity index is 1.77. The van der Waals surface area contributed by atoms with E-state index in [2.05, 4.69) is 15.6 Å². The molecule has 1 aliphatic carbocycles. The lowest BCUT2D eigenvalue weighted by Crippen LogP contribution is -2.34. The minimum atomic E-state index is -0.558. The van der Waals surface area contributed by atoms with E-state index in [4.69, 9.17) is 10.5 Å². The Labute approximate surface area is 155 Å². The van der Waals surface area contributed by atoms with Crippen LogP contribution in [0, 0.1) is 11.8 Å². The van der Waals surface area contributed by atoms with E-state index in [0.29, 0.717) is 24.8 Å². The Bertz CT molecular complexity index is 602. The van der Waals surface area contributed by atoms with Crippen molar-refractivity contribution >= 4 is 17.8 Å². The molecule has 1 aromatic heterocycles. The number of amides is 2. The maximum atomic E-state index is 12.3. The quantitative estimate of drug-likeness (QED) is 0.747. The predicted molar refractivity (Wildman–Crippen MR) is 100 cm³/mol. The molecule has 7 nitrogen and oxygen atoms in total.